The van der Waals surface area contributed by atoms with Gasteiger partial charge in [-0.2, -0.15) is 5.10 Å². The largest absolute Gasteiger partial charge is 0.480 e. The maximum Gasteiger partial charge on any atom is 0.328 e. The second-order valence-corrected chi connectivity index (χ2v) is 3.49. The molecule has 0 spiro atoms. The third-order valence-electron chi connectivity index (χ3n) is 2.17. The first-order valence-electron chi connectivity index (χ1n) is 4.88. The van der Waals surface area contributed by atoms with E-state index in [0.29, 0.717) is 6.42 Å². The average Bonchev–Trinajstić information content (AvgIpc) is 2.52. The highest BCUT2D eigenvalue weighted by atomic mass is 16.4. The highest BCUT2D eigenvalue weighted by molar-refractivity contribution is 5.71. The first-order chi connectivity index (χ1) is 6.65. The van der Waals surface area contributed by atoms with Gasteiger partial charge in [0.15, 0.2) is 0 Å². The predicted octanol–water partition coefficient (Wildman–Crippen LogP) is 2.01. The summed E-state index contributed by atoms with van der Waals surface area (Å²) >= 11 is 0. The normalized spacial score (nSPS) is 12.7. The lowest BCUT2D eigenvalue weighted by molar-refractivity contribution is -0.141. The van der Waals surface area contributed by atoms with Gasteiger partial charge in [-0.1, -0.05) is 19.8 Å². The summed E-state index contributed by atoms with van der Waals surface area (Å²) in [6.45, 7) is 3.95. The van der Waals surface area contributed by atoms with Crippen molar-refractivity contribution in [3.8, 4) is 0 Å². The fourth-order valence-electron chi connectivity index (χ4n) is 1.37. The van der Waals surface area contributed by atoms with Gasteiger partial charge in [0.05, 0.1) is 6.20 Å². The van der Waals surface area contributed by atoms with Crippen LogP contribution in [0.2, 0.25) is 0 Å². The number of carboxylic acids is 1. The molecule has 1 aromatic rings. The van der Waals surface area contributed by atoms with Gasteiger partial charge >= 0.3 is 5.97 Å². The standard InChI is InChI=1S/C10H16N2O2/c1-3-4-5-9(10(13)14)12-7-8(2)6-11-12/h6-7,9H,3-5H2,1-2H3,(H,13,14). The van der Waals surface area contributed by atoms with Gasteiger partial charge in [-0.05, 0) is 18.9 Å². The van der Waals surface area contributed by atoms with Crippen molar-refractivity contribution in [2.75, 3.05) is 0 Å². The van der Waals surface area contributed by atoms with E-state index in [1.54, 1.807) is 12.4 Å². The number of aryl methyl sites for hydroxylation is 1. The summed E-state index contributed by atoms with van der Waals surface area (Å²) in [5, 5.41) is 13.0. The number of aromatic nitrogens is 2. The second-order valence-electron chi connectivity index (χ2n) is 3.49. The van der Waals surface area contributed by atoms with Crippen LogP contribution in [-0.4, -0.2) is 20.9 Å². The number of carboxylic acid groups (broad SMARTS) is 1. The molecule has 0 radical (unpaired) electrons. The van der Waals surface area contributed by atoms with Gasteiger partial charge in [-0.25, -0.2) is 4.79 Å². The molecule has 0 aromatic carbocycles. The minimum atomic E-state index is -0.804. The van der Waals surface area contributed by atoms with Crippen LogP contribution in [0.3, 0.4) is 0 Å². The molecule has 1 unspecified atom stereocenters. The summed E-state index contributed by atoms with van der Waals surface area (Å²) in [6.07, 6.45) is 6.02. The van der Waals surface area contributed by atoms with E-state index in [-0.39, 0.29) is 0 Å². The van der Waals surface area contributed by atoms with Gasteiger partial charge in [-0.3, -0.25) is 4.68 Å². The van der Waals surface area contributed by atoms with Gasteiger partial charge in [0.2, 0.25) is 0 Å². The SMILES string of the molecule is CCCCC(C(=O)O)n1cc(C)cn1. The van der Waals surface area contributed by atoms with E-state index < -0.39 is 12.0 Å². The lowest BCUT2D eigenvalue weighted by atomic mass is 10.1. The number of nitrogens with zero attached hydrogens (tertiary/aromatic N) is 2. The van der Waals surface area contributed by atoms with Crippen LogP contribution in [0.25, 0.3) is 0 Å². The van der Waals surface area contributed by atoms with E-state index in [0.717, 1.165) is 18.4 Å². The molecule has 14 heavy (non-hydrogen) atoms. The summed E-state index contributed by atoms with van der Waals surface area (Å²) in [5.74, 6) is -0.804. The quantitative estimate of drug-likeness (QED) is 0.783. The van der Waals surface area contributed by atoms with Gasteiger partial charge in [0.1, 0.15) is 6.04 Å². The molecule has 0 aliphatic rings. The summed E-state index contributed by atoms with van der Waals surface area (Å²) in [4.78, 5) is 11.0. The van der Waals surface area contributed by atoms with Gasteiger partial charge < -0.3 is 5.11 Å². The van der Waals surface area contributed by atoms with Crippen molar-refractivity contribution in [1.29, 1.82) is 0 Å². The van der Waals surface area contributed by atoms with Crippen LogP contribution in [0, 0.1) is 6.92 Å². The van der Waals surface area contributed by atoms with Crippen LogP contribution < -0.4 is 0 Å². The highest BCUT2D eigenvalue weighted by Gasteiger charge is 2.18. The predicted molar refractivity (Wildman–Crippen MR) is 53.2 cm³/mol. The number of rotatable bonds is 5. The summed E-state index contributed by atoms with van der Waals surface area (Å²) in [6, 6.07) is -0.511. The van der Waals surface area contributed by atoms with Crippen molar-refractivity contribution < 1.29 is 9.90 Å². The van der Waals surface area contributed by atoms with Gasteiger partial charge in [0, 0.05) is 6.20 Å². The lowest BCUT2D eigenvalue weighted by Gasteiger charge is -2.11. The molecule has 1 atom stereocenters. The summed E-state index contributed by atoms with van der Waals surface area (Å²) in [7, 11) is 0. The van der Waals surface area contributed by atoms with E-state index in [1.165, 1.54) is 4.68 Å². The van der Waals surface area contributed by atoms with Gasteiger partial charge in [-0.15, -0.1) is 0 Å². The molecule has 0 bridgehead atoms. The molecule has 0 saturated carbocycles. The summed E-state index contributed by atoms with van der Waals surface area (Å²) in [5.41, 5.74) is 0.993. The Balaban J connectivity index is 2.72. The number of hydrogen-bond donors (Lipinski definition) is 1. The Morgan fingerprint density at radius 3 is 2.86 bits per heavy atom. The van der Waals surface area contributed by atoms with Crippen molar-refractivity contribution in [2.45, 2.75) is 39.2 Å². The second kappa shape index (κ2) is 4.79. The Kier molecular flexibility index (Phi) is 3.68. The smallest absolute Gasteiger partial charge is 0.328 e. The Morgan fingerprint density at radius 2 is 2.43 bits per heavy atom. The minimum Gasteiger partial charge on any atom is -0.480 e. The van der Waals surface area contributed by atoms with Crippen molar-refractivity contribution in [3.63, 3.8) is 0 Å². The minimum absolute atomic E-state index is 0.511. The zero-order valence-electron chi connectivity index (χ0n) is 8.60. The van der Waals surface area contributed by atoms with E-state index in [1.807, 2.05) is 13.8 Å². The molecule has 4 nitrogen and oxygen atoms in total. The molecule has 1 heterocycles. The highest BCUT2D eigenvalue weighted by Crippen LogP contribution is 2.15. The number of carbonyl (C=O) groups is 1. The van der Waals surface area contributed by atoms with Crippen LogP contribution >= 0.6 is 0 Å². The molecule has 1 N–H and O–H groups in total. The molecule has 0 fully saturated rings. The molecule has 0 aliphatic heterocycles. The molecule has 1 rings (SSSR count). The van der Waals surface area contributed by atoms with E-state index in [2.05, 4.69) is 5.10 Å². The number of hydrogen-bond acceptors (Lipinski definition) is 2. The van der Waals surface area contributed by atoms with E-state index in [9.17, 15) is 4.79 Å². The monoisotopic (exact) mass is 196 g/mol. The fourth-order valence-corrected chi connectivity index (χ4v) is 1.37. The third kappa shape index (κ3) is 2.58. The zero-order chi connectivity index (χ0) is 10.6. The van der Waals surface area contributed by atoms with Gasteiger partial charge in [0.25, 0.3) is 0 Å². The average molecular weight is 196 g/mol. The fraction of sp³-hybridized carbons (Fsp3) is 0.600. The Labute approximate surface area is 83.5 Å². The molecule has 0 amide bonds. The molecule has 78 valence electrons. The van der Waals surface area contributed by atoms with Crippen LogP contribution in [-0.2, 0) is 4.79 Å². The first kappa shape index (κ1) is 10.8. The van der Waals surface area contributed by atoms with Crippen LogP contribution in [0.15, 0.2) is 12.4 Å². The Hall–Kier alpha value is -1.32. The Bertz CT molecular complexity index is 307. The lowest BCUT2D eigenvalue weighted by Crippen LogP contribution is -2.19. The molecular weight excluding hydrogens is 180 g/mol. The maximum atomic E-state index is 11.0. The zero-order valence-corrected chi connectivity index (χ0v) is 8.60. The van der Waals surface area contributed by atoms with Crippen LogP contribution in [0.1, 0.15) is 37.8 Å². The maximum absolute atomic E-state index is 11.0. The first-order valence-corrected chi connectivity index (χ1v) is 4.88. The molecule has 0 saturated heterocycles. The summed E-state index contributed by atoms with van der Waals surface area (Å²) < 4.78 is 1.54. The van der Waals surface area contributed by atoms with E-state index >= 15 is 0 Å². The molecule has 0 aliphatic carbocycles. The number of aliphatic carboxylic acids is 1. The molecular formula is C10H16N2O2. The van der Waals surface area contributed by atoms with Crippen molar-refractivity contribution in [3.05, 3.63) is 18.0 Å². The van der Waals surface area contributed by atoms with E-state index in [4.69, 9.17) is 5.11 Å². The van der Waals surface area contributed by atoms with Crippen LogP contribution in [0.4, 0.5) is 0 Å². The number of unbranched alkanes of at least 4 members (excludes halogenated alkanes) is 1. The van der Waals surface area contributed by atoms with Crippen molar-refractivity contribution in [2.24, 2.45) is 0 Å². The molecule has 4 heteroatoms. The van der Waals surface area contributed by atoms with Crippen molar-refractivity contribution >= 4 is 5.97 Å². The van der Waals surface area contributed by atoms with Crippen LogP contribution in [0.5, 0.6) is 0 Å². The molecule has 1 aromatic heterocycles. The van der Waals surface area contributed by atoms with Crippen molar-refractivity contribution in [1.82, 2.24) is 9.78 Å². The Morgan fingerprint density at radius 1 is 1.71 bits per heavy atom. The topological polar surface area (TPSA) is 55.1 Å². The third-order valence-corrected chi connectivity index (χ3v) is 2.17.